The van der Waals surface area contributed by atoms with Gasteiger partial charge in [-0.15, -0.1) is 0 Å². The summed E-state index contributed by atoms with van der Waals surface area (Å²) in [4.78, 5) is 18.5. The maximum absolute atomic E-state index is 13.0. The van der Waals surface area contributed by atoms with Gasteiger partial charge < -0.3 is 20.1 Å². The molecule has 4 rings (SSSR count). The third kappa shape index (κ3) is 8.10. The fourth-order valence-corrected chi connectivity index (χ4v) is 6.03. The summed E-state index contributed by atoms with van der Waals surface area (Å²) >= 11 is 0. The molecule has 0 saturated carbocycles. The van der Waals surface area contributed by atoms with E-state index in [2.05, 4.69) is 15.0 Å². The normalized spacial score (nSPS) is 18.3. The molecule has 0 aliphatic carbocycles. The number of hydrogen-bond acceptors (Lipinski definition) is 7. The fourth-order valence-electron chi connectivity index (χ4n) is 5.14. The number of benzene rings is 2. The van der Waals surface area contributed by atoms with E-state index in [1.54, 1.807) is 12.1 Å². The predicted molar refractivity (Wildman–Crippen MR) is 152 cm³/mol. The van der Waals surface area contributed by atoms with Gasteiger partial charge in [-0.05, 0) is 66.4 Å². The quantitative estimate of drug-likeness (QED) is 0.272. The Morgan fingerprint density at radius 2 is 1.75 bits per heavy atom. The smallest absolute Gasteiger partial charge is 0.394 e. The minimum Gasteiger partial charge on any atom is -0.394 e. The summed E-state index contributed by atoms with van der Waals surface area (Å²) in [6.45, 7) is -1.85. The molecule has 1 unspecified atom stereocenters. The van der Waals surface area contributed by atoms with Crippen LogP contribution in [0.2, 0.25) is 0 Å². The number of alkyl halides is 5. The molecule has 2 heterocycles. The molecule has 2 aromatic carbocycles. The number of nitrogens with zero attached hydrogens (tertiary/aromatic N) is 2. The number of carbonyl (C=O) groups is 1. The van der Waals surface area contributed by atoms with E-state index in [1.165, 1.54) is 55.6 Å². The van der Waals surface area contributed by atoms with Crippen molar-refractivity contribution >= 4 is 21.4 Å². The monoisotopic (exact) mass is 641 g/mol. The molecule has 0 spiro atoms. The van der Waals surface area contributed by atoms with Crippen LogP contribution in [0, 0.1) is 0 Å². The highest BCUT2D eigenvalue weighted by molar-refractivity contribution is 7.91. The number of carbonyl (C=O) groups excluding carboxylic acids is 1. The molecule has 1 aliphatic rings. The van der Waals surface area contributed by atoms with Crippen LogP contribution in [0.25, 0.3) is 0 Å². The molecule has 1 aromatic heterocycles. The van der Waals surface area contributed by atoms with Crippen LogP contribution < -0.4 is 10.2 Å². The van der Waals surface area contributed by atoms with Crippen LogP contribution in [0.3, 0.4) is 0 Å². The van der Waals surface area contributed by atoms with Gasteiger partial charge in [-0.25, -0.2) is 8.42 Å². The molecule has 14 heteroatoms. The van der Waals surface area contributed by atoms with Crippen molar-refractivity contribution in [3.8, 4) is 0 Å². The predicted octanol–water partition coefficient (Wildman–Crippen LogP) is 5.35. The first-order valence-electron chi connectivity index (χ1n) is 13.9. The van der Waals surface area contributed by atoms with E-state index >= 15 is 0 Å². The number of pyridine rings is 1. The van der Waals surface area contributed by atoms with Gasteiger partial charge in [0, 0.05) is 29.9 Å². The lowest BCUT2D eigenvalue weighted by molar-refractivity contribution is -0.141. The average Bonchev–Trinajstić information content (AvgIpc) is 3.02. The number of hydrogen-bond donors (Lipinski definition) is 2. The molecule has 44 heavy (non-hydrogen) atoms. The summed E-state index contributed by atoms with van der Waals surface area (Å²) in [5.41, 5.74) is 0.934. The number of aliphatic hydroxyl groups is 1. The van der Waals surface area contributed by atoms with Crippen LogP contribution in [0.5, 0.6) is 0 Å². The van der Waals surface area contributed by atoms with Crippen LogP contribution in [0.15, 0.2) is 71.8 Å². The molecule has 0 radical (unpaired) electrons. The zero-order valence-corrected chi connectivity index (χ0v) is 24.5. The average molecular weight is 642 g/mol. The Morgan fingerprint density at radius 3 is 2.30 bits per heavy atom. The Hall–Kier alpha value is -3.62. The van der Waals surface area contributed by atoms with E-state index in [-0.39, 0.29) is 28.7 Å². The molecule has 1 fully saturated rings. The second-order valence-electron chi connectivity index (χ2n) is 10.4. The van der Waals surface area contributed by atoms with Crippen LogP contribution in [0.1, 0.15) is 58.9 Å². The van der Waals surface area contributed by atoms with Crippen molar-refractivity contribution in [3.05, 3.63) is 89.2 Å². The van der Waals surface area contributed by atoms with Crippen LogP contribution in [-0.4, -0.2) is 62.6 Å². The molecule has 3 atom stereocenters. The van der Waals surface area contributed by atoms with E-state index in [4.69, 9.17) is 0 Å². The number of rotatable bonds is 11. The Kier molecular flexibility index (Phi) is 10.6. The number of piperidine rings is 1. The number of aliphatic hydroxyl groups excluding tert-OH is 1. The topological polar surface area (TPSA) is 109 Å². The lowest BCUT2D eigenvalue weighted by atomic mass is 9.87. The van der Waals surface area contributed by atoms with Gasteiger partial charge in [-0.1, -0.05) is 25.1 Å². The number of amides is 1. The van der Waals surface area contributed by atoms with Gasteiger partial charge in [0.05, 0.1) is 35.9 Å². The molecule has 2 N–H and O–H groups in total. The Bertz CT molecular complexity index is 1500. The van der Waals surface area contributed by atoms with Crippen molar-refractivity contribution in [3.63, 3.8) is 0 Å². The Morgan fingerprint density at radius 1 is 1.07 bits per heavy atom. The van der Waals surface area contributed by atoms with Gasteiger partial charge in [-0.2, -0.15) is 22.0 Å². The van der Waals surface area contributed by atoms with E-state index in [0.717, 1.165) is 6.07 Å². The summed E-state index contributed by atoms with van der Waals surface area (Å²) in [7, 11) is -3.41. The van der Waals surface area contributed by atoms with Gasteiger partial charge in [0.25, 0.3) is 5.91 Å². The molecule has 1 saturated heterocycles. The molecule has 1 amide bonds. The number of halogens is 5. The number of anilines is 1. The SMILES string of the molecule is CCS(=O)(=O)c1ccc([C@H](CO)NC(=O)c2ccc(N3C[C@@H](c4ccc(C(F)(F)F)nc4)CCC3COC(F)F)cc2)cc1. The minimum atomic E-state index is -4.57. The molecule has 0 bridgehead atoms. The molecule has 238 valence electrons. The first-order chi connectivity index (χ1) is 20.8. The van der Waals surface area contributed by atoms with Crippen molar-refractivity contribution in [1.82, 2.24) is 10.3 Å². The second kappa shape index (κ2) is 14.0. The highest BCUT2D eigenvalue weighted by atomic mass is 32.2. The summed E-state index contributed by atoms with van der Waals surface area (Å²) in [5, 5.41) is 12.6. The molecular formula is C30H32F5N3O5S. The number of ether oxygens (including phenoxy) is 1. The maximum atomic E-state index is 13.0. The van der Waals surface area contributed by atoms with Gasteiger partial charge >= 0.3 is 12.8 Å². The lowest BCUT2D eigenvalue weighted by Gasteiger charge is -2.41. The van der Waals surface area contributed by atoms with Gasteiger partial charge in [0.15, 0.2) is 9.84 Å². The molecule has 1 aliphatic heterocycles. The minimum absolute atomic E-state index is 0.0627. The van der Waals surface area contributed by atoms with E-state index in [1.807, 2.05) is 4.90 Å². The van der Waals surface area contributed by atoms with Crippen molar-refractivity contribution in [2.75, 3.05) is 30.4 Å². The zero-order valence-electron chi connectivity index (χ0n) is 23.7. The van der Waals surface area contributed by atoms with E-state index in [9.17, 15) is 40.3 Å². The van der Waals surface area contributed by atoms with Gasteiger partial charge in [0.1, 0.15) is 5.69 Å². The van der Waals surface area contributed by atoms with Crippen LogP contribution in [-0.2, 0) is 20.8 Å². The van der Waals surface area contributed by atoms with Crippen molar-refractivity contribution < 1.29 is 45.0 Å². The Balaban J connectivity index is 1.49. The molecule has 8 nitrogen and oxygen atoms in total. The van der Waals surface area contributed by atoms with Crippen molar-refractivity contribution in [1.29, 1.82) is 0 Å². The first kappa shape index (κ1) is 33.3. The first-order valence-corrected chi connectivity index (χ1v) is 15.5. The zero-order chi connectivity index (χ0) is 32.1. The van der Waals surface area contributed by atoms with Crippen LogP contribution >= 0.6 is 0 Å². The number of aromatic nitrogens is 1. The lowest BCUT2D eigenvalue weighted by Crippen LogP contribution is -2.45. The van der Waals surface area contributed by atoms with Crippen molar-refractivity contribution in [2.45, 2.75) is 55.5 Å². The largest absolute Gasteiger partial charge is 0.433 e. The summed E-state index contributed by atoms with van der Waals surface area (Å²) in [5.74, 6) is -0.794. The standard InChI is InChI=1S/C30H32F5N3O5S/c1-2-44(41,42)25-12-6-19(7-13-25)26(17-39)37-28(40)20-3-9-23(10-4-20)38-16-22(5-11-24(38)18-43-29(31)32)21-8-14-27(36-15-21)30(33,34)35/h3-4,6-10,12-15,22,24,26,29,39H,2,5,11,16-18H2,1H3,(H,37,40)/t22-,24?,26-/m0/s1. The maximum Gasteiger partial charge on any atom is 0.433 e. The summed E-state index contributed by atoms with van der Waals surface area (Å²) in [6, 6.07) is 13.2. The van der Waals surface area contributed by atoms with E-state index < -0.39 is 52.9 Å². The van der Waals surface area contributed by atoms with Gasteiger partial charge in [-0.3, -0.25) is 9.78 Å². The molecule has 3 aromatic rings. The van der Waals surface area contributed by atoms with E-state index in [0.29, 0.717) is 36.2 Å². The highest BCUT2D eigenvalue weighted by Gasteiger charge is 2.34. The fraction of sp³-hybridized carbons (Fsp3) is 0.400. The third-order valence-corrected chi connectivity index (χ3v) is 9.39. The second-order valence-corrected chi connectivity index (χ2v) is 12.7. The number of sulfone groups is 1. The summed E-state index contributed by atoms with van der Waals surface area (Å²) < 4.78 is 93.4. The third-order valence-electron chi connectivity index (χ3n) is 7.64. The highest BCUT2D eigenvalue weighted by Crippen LogP contribution is 2.35. The summed E-state index contributed by atoms with van der Waals surface area (Å²) in [6.07, 6.45) is -2.43. The van der Waals surface area contributed by atoms with Gasteiger partial charge in [0.2, 0.25) is 0 Å². The number of nitrogens with one attached hydrogen (secondary N) is 1. The molecular weight excluding hydrogens is 609 g/mol. The van der Waals surface area contributed by atoms with Crippen molar-refractivity contribution in [2.24, 2.45) is 0 Å². The Labute approximate surface area is 251 Å². The van der Waals surface area contributed by atoms with Crippen LogP contribution in [0.4, 0.5) is 27.6 Å².